The number of H-pyrrole nitrogens is 2. The molecule has 0 radical (unpaired) electrons. The summed E-state index contributed by atoms with van der Waals surface area (Å²) in [4.78, 5) is 27.1. The number of hydrogen-bond acceptors (Lipinski definition) is 7. The number of imidazole rings is 2. The van der Waals surface area contributed by atoms with Crippen molar-refractivity contribution in [2.45, 2.75) is 12.5 Å². The molecule has 0 aliphatic heterocycles. The van der Waals surface area contributed by atoms with E-state index < -0.39 is 30.9 Å². The molecule has 4 rings (SSSR count). The van der Waals surface area contributed by atoms with Crippen molar-refractivity contribution in [1.29, 1.82) is 0 Å². The molecule has 0 saturated carbocycles. The third-order valence-electron chi connectivity index (χ3n) is 5.07. The van der Waals surface area contributed by atoms with Gasteiger partial charge in [-0.2, -0.15) is 0 Å². The predicted octanol–water partition coefficient (Wildman–Crippen LogP) is 0.540. The zero-order valence-electron chi connectivity index (χ0n) is 16.3. The molecule has 10 nitrogen and oxygen atoms in total. The van der Waals surface area contributed by atoms with E-state index in [1.165, 1.54) is 6.20 Å². The average Bonchev–Trinajstić information content (AvgIpc) is 3.42. The Kier molecular flexibility index (Phi) is 5.12. The molecule has 0 amide bonds. The maximum Gasteiger partial charge on any atom is 0.261 e. The van der Waals surface area contributed by atoms with E-state index >= 15 is 0 Å². The molecule has 0 aliphatic carbocycles. The maximum absolute atomic E-state index is 12.7. The van der Waals surface area contributed by atoms with Crippen LogP contribution >= 0.6 is 0 Å². The Hall–Kier alpha value is -3.47. The van der Waals surface area contributed by atoms with Crippen LogP contribution in [0.2, 0.25) is 0 Å². The second-order valence-corrected chi connectivity index (χ2v) is 7.19. The third kappa shape index (κ3) is 3.36. The van der Waals surface area contributed by atoms with Crippen LogP contribution in [-0.2, 0) is 0 Å². The number of aliphatic hydroxyl groups excluding tert-OH is 3. The van der Waals surface area contributed by atoms with Gasteiger partial charge in [0.05, 0.1) is 42.9 Å². The minimum Gasteiger partial charge on any atom is -0.394 e. The average molecular weight is 410 g/mol. The fraction of sp³-hybridized carbons (Fsp3) is 0.250. The molecule has 4 aromatic rings. The summed E-state index contributed by atoms with van der Waals surface area (Å²) in [5.41, 5.74) is 1.98. The molecule has 6 N–H and O–H groups in total. The highest BCUT2D eigenvalue weighted by Gasteiger charge is 2.29. The summed E-state index contributed by atoms with van der Waals surface area (Å²) in [5.74, 6) is 0.322. The van der Waals surface area contributed by atoms with Crippen LogP contribution in [0.25, 0.3) is 28.1 Å². The van der Waals surface area contributed by atoms with Crippen molar-refractivity contribution >= 4 is 16.7 Å². The lowest BCUT2D eigenvalue weighted by atomic mass is 10.0. The highest BCUT2D eigenvalue weighted by Crippen LogP contribution is 2.28. The van der Waals surface area contributed by atoms with E-state index in [-0.39, 0.29) is 5.56 Å². The summed E-state index contributed by atoms with van der Waals surface area (Å²) in [6.45, 7) is 0.343. The standard InChI is InChI=1S/C20H22N6O4/c1-12-6-13(26-5-4-21-11-26)7-15-17(12)24-18(23-15)16-14(2-3-22-19(16)30)25-20(8-27,9-28)10-29/h2-7,11,27-29H,8-10H2,1H3,(H,23,24)(H2,22,25,30). The van der Waals surface area contributed by atoms with Crippen LogP contribution in [0.5, 0.6) is 0 Å². The molecule has 0 bridgehead atoms. The molecule has 3 aromatic heterocycles. The van der Waals surface area contributed by atoms with Crippen LogP contribution in [0, 0.1) is 6.92 Å². The van der Waals surface area contributed by atoms with Crippen LogP contribution in [0.15, 0.2) is 47.9 Å². The molecule has 0 unspecified atom stereocenters. The molecule has 3 heterocycles. The van der Waals surface area contributed by atoms with Crippen molar-refractivity contribution in [2.75, 3.05) is 25.1 Å². The zero-order chi connectivity index (χ0) is 21.3. The Bertz CT molecular complexity index is 1220. The first kappa shape index (κ1) is 19.8. The number of hydrogen-bond donors (Lipinski definition) is 6. The lowest BCUT2D eigenvalue weighted by molar-refractivity contribution is 0.0834. The molecular formula is C20H22N6O4. The van der Waals surface area contributed by atoms with E-state index in [1.54, 1.807) is 18.6 Å². The third-order valence-corrected chi connectivity index (χ3v) is 5.07. The van der Waals surface area contributed by atoms with Gasteiger partial charge in [0, 0.05) is 24.3 Å². The number of pyridine rings is 1. The van der Waals surface area contributed by atoms with Gasteiger partial charge in [0.15, 0.2) is 0 Å². The summed E-state index contributed by atoms with van der Waals surface area (Å²) in [7, 11) is 0. The minimum absolute atomic E-state index is 0.206. The fourth-order valence-electron chi connectivity index (χ4n) is 3.32. The summed E-state index contributed by atoms with van der Waals surface area (Å²) in [6, 6.07) is 5.46. The van der Waals surface area contributed by atoms with Gasteiger partial charge < -0.3 is 35.2 Å². The van der Waals surface area contributed by atoms with E-state index in [9.17, 15) is 20.1 Å². The molecule has 30 heavy (non-hydrogen) atoms. The molecule has 0 aliphatic rings. The van der Waals surface area contributed by atoms with Gasteiger partial charge in [0.2, 0.25) is 0 Å². The Balaban J connectivity index is 1.85. The fourth-order valence-corrected chi connectivity index (χ4v) is 3.32. The van der Waals surface area contributed by atoms with Gasteiger partial charge in [-0.3, -0.25) is 4.79 Å². The van der Waals surface area contributed by atoms with Gasteiger partial charge in [-0.1, -0.05) is 0 Å². The molecule has 0 atom stereocenters. The van der Waals surface area contributed by atoms with Gasteiger partial charge in [-0.05, 0) is 30.7 Å². The SMILES string of the molecule is Cc1cc(-n2ccnc2)cc2[nH]c(-c3c(NC(CO)(CO)CO)cc[nH]c3=O)nc12. The van der Waals surface area contributed by atoms with Crippen LogP contribution in [-0.4, -0.2) is 65.2 Å². The summed E-state index contributed by atoms with van der Waals surface area (Å²) in [5, 5.41) is 31.8. The summed E-state index contributed by atoms with van der Waals surface area (Å²) >= 11 is 0. The van der Waals surface area contributed by atoms with E-state index in [0.29, 0.717) is 17.0 Å². The first-order valence-electron chi connectivity index (χ1n) is 9.32. The monoisotopic (exact) mass is 410 g/mol. The Morgan fingerprint density at radius 2 is 1.97 bits per heavy atom. The second kappa shape index (κ2) is 7.75. The van der Waals surface area contributed by atoms with Crippen molar-refractivity contribution in [2.24, 2.45) is 0 Å². The second-order valence-electron chi connectivity index (χ2n) is 7.19. The number of aryl methyl sites for hydroxylation is 1. The molecule has 10 heteroatoms. The number of anilines is 1. The zero-order valence-corrected chi connectivity index (χ0v) is 16.3. The molecule has 156 valence electrons. The van der Waals surface area contributed by atoms with Crippen molar-refractivity contribution < 1.29 is 15.3 Å². The predicted molar refractivity (Wildman–Crippen MR) is 112 cm³/mol. The minimum atomic E-state index is -1.39. The molecule has 0 spiro atoms. The number of aromatic amines is 2. The molecular weight excluding hydrogens is 388 g/mol. The Morgan fingerprint density at radius 1 is 1.20 bits per heavy atom. The summed E-state index contributed by atoms with van der Waals surface area (Å²) < 4.78 is 1.87. The number of nitrogens with zero attached hydrogens (tertiary/aromatic N) is 3. The van der Waals surface area contributed by atoms with E-state index in [0.717, 1.165) is 16.8 Å². The first-order chi connectivity index (χ1) is 14.5. The van der Waals surface area contributed by atoms with E-state index in [1.807, 2.05) is 29.8 Å². The van der Waals surface area contributed by atoms with Crippen molar-refractivity contribution in [3.05, 3.63) is 59.0 Å². The Morgan fingerprint density at radius 3 is 2.63 bits per heavy atom. The molecule has 0 saturated heterocycles. The number of aliphatic hydroxyl groups is 3. The largest absolute Gasteiger partial charge is 0.394 e. The van der Waals surface area contributed by atoms with Crippen LogP contribution in [0.4, 0.5) is 5.69 Å². The van der Waals surface area contributed by atoms with Gasteiger partial charge in [-0.15, -0.1) is 0 Å². The molecule has 0 fully saturated rings. The highest BCUT2D eigenvalue weighted by molar-refractivity contribution is 5.86. The van der Waals surface area contributed by atoms with Gasteiger partial charge >= 0.3 is 0 Å². The highest BCUT2D eigenvalue weighted by atomic mass is 16.3. The van der Waals surface area contributed by atoms with Crippen LogP contribution in [0.1, 0.15) is 5.56 Å². The van der Waals surface area contributed by atoms with Gasteiger partial charge in [-0.25, -0.2) is 9.97 Å². The first-order valence-corrected chi connectivity index (χ1v) is 9.32. The lowest BCUT2D eigenvalue weighted by Crippen LogP contribution is -2.49. The van der Waals surface area contributed by atoms with Crippen molar-refractivity contribution in [3.8, 4) is 17.1 Å². The molecule has 1 aromatic carbocycles. The normalized spacial score (nSPS) is 11.9. The van der Waals surface area contributed by atoms with E-state index in [2.05, 4.69) is 25.3 Å². The van der Waals surface area contributed by atoms with Gasteiger partial charge in [0.25, 0.3) is 5.56 Å². The van der Waals surface area contributed by atoms with Crippen molar-refractivity contribution in [1.82, 2.24) is 24.5 Å². The number of nitrogens with one attached hydrogen (secondary N) is 3. The van der Waals surface area contributed by atoms with E-state index in [4.69, 9.17) is 0 Å². The topological polar surface area (TPSA) is 152 Å². The maximum atomic E-state index is 12.7. The smallest absolute Gasteiger partial charge is 0.261 e. The number of benzene rings is 1. The number of rotatable bonds is 7. The van der Waals surface area contributed by atoms with Gasteiger partial charge in [0.1, 0.15) is 16.9 Å². The van der Waals surface area contributed by atoms with Crippen LogP contribution in [0.3, 0.4) is 0 Å². The summed E-state index contributed by atoms with van der Waals surface area (Å²) in [6.07, 6.45) is 6.66. The lowest BCUT2D eigenvalue weighted by Gasteiger charge is -2.30. The van der Waals surface area contributed by atoms with Crippen molar-refractivity contribution in [3.63, 3.8) is 0 Å². The quantitative estimate of drug-likeness (QED) is 0.260. The Labute approximate surface area is 170 Å². The number of aromatic nitrogens is 5. The number of fused-ring (bicyclic) bond motifs is 1. The van der Waals surface area contributed by atoms with Crippen LogP contribution < -0.4 is 10.9 Å².